The van der Waals surface area contributed by atoms with Gasteiger partial charge >= 0.3 is 5.97 Å². The second-order valence-electron chi connectivity index (χ2n) is 4.87. The van der Waals surface area contributed by atoms with Gasteiger partial charge in [0.2, 0.25) is 0 Å². The molecule has 0 bridgehead atoms. The minimum Gasteiger partial charge on any atom is -0.467 e. The second-order valence-corrected chi connectivity index (χ2v) is 4.87. The lowest BCUT2D eigenvalue weighted by molar-refractivity contribution is -0.384. The van der Waals surface area contributed by atoms with E-state index in [2.05, 4.69) is 10.1 Å². The molecule has 7 heteroatoms. The Morgan fingerprint density at radius 1 is 1.41 bits per heavy atom. The molecule has 0 saturated heterocycles. The van der Waals surface area contributed by atoms with Crippen molar-refractivity contribution in [2.75, 3.05) is 7.11 Å². The number of carbonyl (C=O) groups is 2. The summed E-state index contributed by atoms with van der Waals surface area (Å²) in [6, 6.07) is 4.46. The summed E-state index contributed by atoms with van der Waals surface area (Å²) in [6.45, 7) is 3.74. The molecular formula is C15H18N2O5. The normalized spacial score (nSPS) is 11.2. The van der Waals surface area contributed by atoms with E-state index in [9.17, 15) is 19.7 Å². The quantitative estimate of drug-likeness (QED) is 0.376. The number of nitro benzene ring substituents is 1. The fourth-order valence-electron chi connectivity index (χ4n) is 1.71. The molecule has 1 N–H and O–H groups in total. The maximum Gasteiger partial charge on any atom is 0.328 e. The Labute approximate surface area is 128 Å². The zero-order chi connectivity index (χ0) is 16.7. The number of hydrogen-bond donors (Lipinski definition) is 1. The first-order valence-electron chi connectivity index (χ1n) is 6.61. The van der Waals surface area contributed by atoms with Gasteiger partial charge in [0, 0.05) is 17.7 Å². The summed E-state index contributed by atoms with van der Waals surface area (Å²) >= 11 is 0. The molecule has 0 fully saturated rings. The minimum absolute atomic E-state index is 0.111. The van der Waals surface area contributed by atoms with Gasteiger partial charge in [0.15, 0.2) is 0 Å². The molecule has 1 aromatic carbocycles. The first-order chi connectivity index (χ1) is 10.3. The molecule has 1 aromatic rings. The average Bonchev–Trinajstić information content (AvgIpc) is 2.50. The highest BCUT2D eigenvalue weighted by atomic mass is 16.6. The van der Waals surface area contributed by atoms with Gasteiger partial charge in [-0.3, -0.25) is 14.9 Å². The summed E-state index contributed by atoms with van der Waals surface area (Å²) in [6.07, 6.45) is 2.09. The van der Waals surface area contributed by atoms with Crippen LogP contribution in [0.4, 0.5) is 5.69 Å². The summed E-state index contributed by atoms with van der Waals surface area (Å²) in [5.41, 5.74) is 0.922. The van der Waals surface area contributed by atoms with Crippen LogP contribution in [0, 0.1) is 10.1 Å². The average molecular weight is 306 g/mol. The van der Waals surface area contributed by atoms with Crippen molar-refractivity contribution in [3.05, 3.63) is 51.6 Å². The van der Waals surface area contributed by atoms with E-state index in [1.807, 2.05) is 13.8 Å². The van der Waals surface area contributed by atoms with E-state index in [4.69, 9.17) is 0 Å². The van der Waals surface area contributed by atoms with E-state index >= 15 is 0 Å². The molecule has 22 heavy (non-hydrogen) atoms. The number of nitro groups is 1. The Bertz CT molecular complexity index is 606. The summed E-state index contributed by atoms with van der Waals surface area (Å²) in [5.74, 6) is -1.14. The highest BCUT2D eigenvalue weighted by Crippen LogP contribution is 2.13. The summed E-state index contributed by atoms with van der Waals surface area (Å²) in [4.78, 5) is 34.0. The highest BCUT2D eigenvalue weighted by Gasteiger charge is 2.21. The number of methoxy groups -OCH3 is 1. The monoisotopic (exact) mass is 306 g/mol. The molecule has 0 aromatic heterocycles. The van der Waals surface area contributed by atoms with Crippen molar-refractivity contribution in [1.29, 1.82) is 0 Å². The van der Waals surface area contributed by atoms with Crippen LogP contribution >= 0.6 is 0 Å². The van der Waals surface area contributed by atoms with Crippen LogP contribution in [-0.4, -0.2) is 30.0 Å². The molecule has 0 spiro atoms. The number of rotatable bonds is 6. The predicted octanol–water partition coefficient (Wildman–Crippen LogP) is 2.22. The largest absolute Gasteiger partial charge is 0.467 e. The lowest BCUT2D eigenvalue weighted by Crippen LogP contribution is -2.41. The topological polar surface area (TPSA) is 98.5 Å². The van der Waals surface area contributed by atoms with Crippen LogP contribution in [0.1, 0.15) is 30.6 Å². The van der Waals surface area contributed by atoms with Gasteiger partial charge in [-0.25, -0.2) is 4.79 Å². The molecule has 1 rings (SSSR count). The number of nitrogens with one attached hydrogen (secondary N) is 1. The number of amides is 1. The maximum atomic E-state index is 12.1. The molecule has 0 aliphatic rings. The number of benzene rings is 1. The Kier molecular flexibility index (Phi) is 6.25. The molecule has 0 unspecified atom stereocenters. The Hall–Kier alpha value is -2.70. The van der Waals surface area contributed by atoms with E-state index in [-0.39, 0.29) is 17.7 Å². The van der Waals surface area contributed by atoms with Crippen molar-refractivity contribution in [3.63, 3.8) is 0 Å². The van der Waals surface area contributed by atoms with Gasteiger partial charge in [0.1, 0.15) is 6.04 Å². The number of hydrogen-bond acceptors (Lipinski definition) is 5. The third-order valence-corrected chi connectivity index (χ3v) is 2.87. The highest BCUT2D eigenvalue weighted by molar-refractivity contribution is 5.97. The maximum absolute atomic E-state index is 12.1. The van der Waals surface area contributed by atoms with Crippen molar-refractivity contribution in [2.24, 2.45) is 0 Å². The molecule has 1 atom stereocenters. The number of carbonyl (C=O) groups excluding carboxylic acids is 2. The van der Waals surface area contributed by atoms with Crippen LogP contribution in [0.5, 0.6) is 0 Å². The van der Waals surface area contributed by atoms with Crippen LogP contribution in [0.25, 0.3) is 0 Å². The van der Waals surface area contributed by atoms with Crippen molar-refractivity contribution in [2.45, 2.75) is 26.3 Å². The molecule has 0 aliphatic heterocycles. The van der Waals surface area contributed by atoms with E-state index < -0.39 is 22.8 Å². The Morgan fingerprint density at radius 2 is 2.09 bits per heavy atom. The number of esters is 1. The van der Waals surface area contributed by atoms with Crippen LogP contribution in [0.3, 0.4) is 0 Å². The summed E-state index contributed by atoms with van der Waals surface area (Å²) in [7, 11) is 1.23. The standard InChI is InChI=1S/C15H18N2O5/c1-10(2)7-8-13(15(19)22-3)16-14(18)11-5-4-6-12(9-11)17(20)21/h4-7,9,13H,8H2,1-3H3,(H,16,18)/t13-/m1/s1. The summed E-state index contributed by atoms with van der Waals surface area (Å²) < 4.78 is 4.65. The van der Waals surface area contributed by atoms with E-state index in [1.165, 1.54) is 25.3 Å². The van der Waals surface area contributed by atoms with Gasteiger partial charge < -0.3 is 10.1 Å². The third-order valence-electron chi connectivity index (χ3n) is 2.87. The van der Waals surface area contributed by atoms with Gasteiger partial charge in [-0.1, -0.05) is 17.7 Å². The fraction of sp³-hybridized carbons (Fsp3) is 0.333. The van der Waals surface area contributed by atoms with Crippen molar-refractivity contribution >= 4 is 17.6 Å². The van der Waals surface area contributed by atoms with E-state index in [0.29, 0.717) is 0 Å². The predicted molar refractivity (Wildman–Crippen MR) is 80.4 cm³/mol. The smallest absolute Gasteiger partial charge is 0.328 e. The van der Waals surface area contributed by atoms with E-state index in [0.717, 1.165) is 11.6 Å². The van der Waals surface area contributed by atoms with Gasteiger partial charge in [-0.15, -0.1) is 0 Å². The van der Waals surface area contributed by atoms with Crippen molar-refractivity contribution in [1.82, 2.24) is 5.32 Å². The molecular weight excluding hydrogens is 288 g/mol. The van der Waals surface area contributed by atoms with Crippen LogP contribution < -0.4 is 5.32 Å². The molecule has 0 heterocycles. The number of nitrogens with zero attached hydrogens (tertiary/aromatic N) is 1. The number of allylic oxidation sites excluding steroid dienone is 1. The SMILES string of the molecule is COC(=O)[C@@H](CC=C(C)C)NC(=O)c1cccc([N+](=O)[O-])c1. The fourth-order valence-corrected chi connectivity index (χ4v) is 1.71. The molecule has 118 valence electrons. The first kappa shape index (κ1) is 17.4. The van der Waals surface area contributed by atoms with Gasteiger partial charge in [-0.2, -0.15) is 0 Å². The van der Waals surface area contributed by atoms with Crippen LogP contribution in [-0.2, 0) is 9.53 Å². The number of ether oxygens (including phenoxy) is 1. The minimum atomic E-state index is -0.841. The van der Waals surface area contributed by atoms with Crippen molar-refractivity contribution in [3.8, 4) is 0 Å². The summed E-state index contributed by atoms with van der Waals surface area (Å²) in [5, 5.41) is 13.2. The van der Waals surface area contributed by atoms with Gasteiger partial charge in [-0.05, 0) is 26.3 Å². The van der Waals surface area contributed by atoms with Gasteiger partial charge in [0.25, 0.3) is 11.6 Å². The van der Waals surface area contributed by atoms with Crippen molar-refractivity contribution < 1.29 is 19.2 Å². The van der Waals surface area contributed by atoms with E-state index in [1.54, 1.807) is 6.08 Å². The third kappa shape index (κ3) is 5.01. The zero-order valence-corrected chi connectivity index (χ0v) is 12.7. The van der Waals surface area contributed by atoms with Crippen LogP contribution in [0.15, 0.2) is 35.9 Å². The molecule has 1 amide bonds. The lowest BCUT2D eigenvalue weighted by atomic mass is 10.1. The molecule has 7 nitrogen and oxygen atoms in total. The Balaban J connectivity index is 2.90. The molecule has 0 radical (unpaired) electrons. The Morgan fingerprint density at radius 3 is 2.64 bits per heavy atom. The zero-order valence-electron chi connectivity index (χ0n) is 12.7. The lowest BCUT2D eigenvalue weighted by Gasteiger charge is -2.15. The first-order valence-corrected chi connectivity index (χ1v) is 6.61. The number of non-ortho nitro benzene ring substituents is 1. The molecule has 0 saturated carbocycles. The second kappa shape index (κ2) is 7.92. The molecule has 0 aliphatic carbocycles. The van der Waals surface area contributed by atoms with Gasteiger partial charge in [0.05, 0.1) is 12.0 Å². The van der Waals surface area contributed by atoms with Crippen LogP contribution in [0.2, 0.25) is 0 Å².